The van der Waals surface area contributed by atoms with Gasteiger partial charge in [0.05, 0.1) is 6.54 Å². The highest BCUT2D eigenvalue weighted by molar-refractivity contribution is 7.15. The molecule has 1 aromatic rings. The molecule has 1 saturated heterocycles. The maximum atomic E-state index is 12.9. The Morgan fingerprint density at radius 2 is 2.47 bits per heavy atom. The largest absolute Gasteiger partial charge is 0.476 e. The zero-order chi connectivity index (χ0) is 11.0. The number of rotatable bonds is 2. The number of carbonyl (C=O) groups is 1. The van der Waals surface area contributed by atoms with E-state index >= 15 is 0 Å². The van der Waals surface area contributed by atoms with E-state index in [-0.39, 0.29) is 5.69 Å². The molecule has 0 spiro atoms. The second-order valence-corrected chi connectivity index (χ2v) is 4.72. The molecule has 0 saturated carbocycles. The van der Waals surface area contributed by atoms with Crippen molar-refractivity contribution in [2.24, 2.45) is 0 Å². The third-order valence-electron chi connectivity index (χ3n) is 2.39. The van der Waals surface area contributed by atoms with Crippen molar-refractivity contribution >= 4 is 22.4 Å². The minimum Gasteiger partial charge on any atom is -0.476 e. The lowest BCUT2D eigenvalue weighted by Gasteiger charge is -2.12. The fourth-order valence-corrected chi connectivity index (χ4v) is 2.54. The summed E-state index contributed by atoms with van der Waals surface area (Å²) in [6, 6.07) is 0. The van der Waals surface area contributed by atoms with Gasteiger partial charge in [0.2, 0.25) is 0 Å². The minimum atomic E-state index is -1.02. The number of aryl methyl sites for hydroxylation is 1. The van der Waals surface area contributed by atoms with E-state index in [1.54, 1.807) is 11.8 Å². The van der Waals surface area contributed by atoms with Crippen LogP contribution in [0.1, 0.15) is 21.8 Å². The van der Waals surface area contributed by atoms with Crippen LogP contribution in [-0.4, -0.2) is 35.3 Å². The molecule has 2 heterocycles. The Hall–Kier alpha value is -1.17. The Balaban J connectivity index is 2.23. The van der Waals surface area contributed by atoms with Crippen molar-refractivity contribution in [3.8, 4) is 0 Å². The molecule has 0 aliphatic carbocycles. The van der Waals surface area contributed by atoms with Gasteiger partial charge >= 0.3 is 5.97 Å². The zero-order valence-electron chi connectivity index (χ0n) is 8.23. The summed E-state index contributed by atoms with van der Waals surface area (Å²) in [5.74, 6) is -1.02. The van der Waals surface area contributed by atoms with E-state index in [1.807, 2.05) is 0 Å². The summed E-state index contributed by atoms with van der Waals surface area (Å²) in [6.45, 7) is 2.66. The number of aromatic nitrogens is 1. The summed E-state index contributed by atoms with van der Waals surface area (Å²) in [4.78, 5) is 17.2. The lowest BCUT2D eigenvalue weighted by molar-refractivity contribution is 0.0690. The predicted octanol–water partition coefficient (Wildman–Crippen LogP) is 1.70. The van der Waals surface area contributed by atoms with Gasteiger partial charge in [-0.05, 0) is 13.3 Å². The first-order valence-corrected chi connectivity index (χ1v) is 5.49. The smallest absolute Gasteiger partial charge is 0.355 e. The van der Waals surface area contributed by atoms with Crippen LogP contribution in [0.4, 0.5) is 9.52 Å². The van der Waals surface area contributed by atoms with Gasteiger partial charge in [-0.3, -0.25) is 0 Å². The van der Waals surface area contributed by atoms with Crippen LogP contribution in [0.2, 0.25) is 0 Å². The molecular formula is C9H11FN2O2S. The lowest BCUT2D eigenvalue weighted by atomic mass is 10.3. The van der Waals surface area contributed by atoms with E-state index < -0.39 is 12.1 Å². The van der Waals surface area contributed by atoms with Crippen molar-refractivity contribution in [2.75, 3.05) is 18.0 Å². The monoisotopic (exact) mass is 230 g/mol. The summed E-state index contributed by atoms with van der Waals surface area (Å²) in [6.07, 6.45) is -0.316. The van der Waals surface area contributed by atoms with Gasteiger partial charge in [0.15, 0.2) is 10.8 Å². The second-order valence-electron chi connectivity index (χ2n) is 3.54. The molecule has 1 aliphatic rings. The van der Waals surface area contributed by atoms with E-state index in [2.05, 4.69) is 4.98 Å². The van der Waals surface area contributed by atoms with E-state index in [1.165, 1.54) is 11.3 Å². The molecule has 0 aromatic carbocycles. The molecule has 0 amide bonds. The summed E-state index contributed by atoms with van der Waals surface area (Å²) in [5.41, 5.74) is 0.0808. The molecular weight excluding hydrogens is 219 g/mol. The molecule has 1 N–H and O–H groups in total. The molecule has 82 valence electrons. The first kappa shape index (κ1) is 10.4. The molecule has 0 unspecified atom stereocenters. The molecule has 0 bridgehead atoms. The Morgan fingerprint density at radius 1 is 1.73 bits per heavy atom. The standard InChI is InChI=1S/C9H11FN2O2S/c1-5-7(8(13)14)11-9(15-5)12-3-2-6(10)4-12/h6H,2-4H2,1H3,(H,13,14)/t6-/m1/s1. The van der Waals surface area contributed by atoms with Gasteiger partial charge in [-0.15, -0.1) is 11.3 Å². The summed E-state index contributed by atoms with van der Waals surface area (Å²) < 4.78 is 12.9. The van der Waals surface area contributed by atoms with Crippen molar-refractivity contribution in [3.63, 3.8) is 0 Å². The van der Waals surface area contributed by atoms with E-state index in [0.29, 0.717) is 29.5 Å². The lowest BCUT2D eigenvalue weighted by Crippen LogP contribution is -2.19. The number of hydrogen-bond acceptors (Lipinski definition) is 4. The fraction of sp³-hybridized carbons (Fsp3) is 0.556. The molecule has 1 aliphatic heterocycles. The molecule has 1 fully saturated rings. The topological polar surface area (TPSA) is 53.4 Å². The first-order valence-electron chi connectivity index (χ1n) is 4.67. The van der Waals surface area contributed by atoms with Gasteiger partial charge in [0, 0.05) is 11.4 Å². The predicted molar refractivity (Wildman–Crippen MR) is 55.5 cm³/mol. The Morgan fingerprint density at radius 3 is 2.93 bits per heavy atom. The second kappa shape index (κ2) is 3.77. The number of aromatic carboxylic acids is 1. The SMILES string of the molecule is Cc1sc(N2CC[C@@H](F)C2)nc1C(=O)O. The van der Waals surface area contributed by atoms with Gasteiger partial charge in [-0.25, -0.2) is 14.2 Å². The average molecular weight is 230 g/mol. The van der Waals surface area contributed by atoms with Crippen molar-refractivity contribution in [1.82, 2.24) is 4.98 Å². The van der Waals surface area contributed by atoms with Gasteiger partial charge in [-0.2, -0.15) is 0 Å². The molecule has 1 aromatic heterocycles. The number of carboxylic acids is 1. The van der Waals surface area contributed by atoms with Gasteiger partial charge in [0.1, 0.15) is 6.17 Å². The van der Waals surface area contributed by atoms with Crippen LogP contribution in [0.5, 0.6) is 0 Å². The molecule has 15 heavy (non-hydrogen) atoms. The number of alkyl halides is 1. The van der Waals surface area contributed by atoms with E-state index in [4.69, 9.17) is 5.11 Å². The van der Waals surface area contributed by atoms with Crippen molar-refractivity contribution in [1.29, 1.82) is 0 Å². The molecule has 0 radical (unpaired) electrons. The van der Waals surface area contributed by atoms with Crippen LogP contribution < -0.4 is 4.90 Å². The van der Waals surface area contributed by atoms with E-state index in [0.717, 1.165) is 0 Å². The summed E-state index contributed by atoms with van der Waals surface area (Å²) in [7, 11) is 0. The first-order chi connectivity index (χ1) is 7.08. The molecule has 2 rings (SSSR count). The third kappa shape index (κ3) is 1.94. The van der Waals surface area contributed by atoms with Crippen molar-refractivity contribution < 1.29 is 14.3 Å². The maximum Gasteiger partial charge on any atom is 0.355 e. The Labute approximate surface area is 90.4 Å². The number of thiazole rings is 1. The highest BCUT2D eigenvalue weighted by atomic mass is 32.1. The van der Waals surface area contributed by atoms with Crippen LogP contribution in [0.3, 0.4) is 0 Å². The minimum absolute atomic E-state index is 0.0808. The maximum absolute atomic E-state index is 12.9. The van der Waals surface area contributed by atoms with Crippen LogP contribution in [0.15, 0.2) is 0 Å². The third-order valence-corrected chi connectivity index (χ3v) is 3.42. The van der Waals surface area contributed by atoms with Crippen LogP contribution in [0, 0.1) is 6.92 Å². The number of hydrogen-bond donors (Lipinski definition) is 1. The van der Waals surface area contributed by atoms with Crippen LogP contribution >= 0.6 is 11.3 Å². The summed E-state index contributed by atoms with van der Waals surface area (Å²) >= 11 is 1.31. The van der Waals surface area contributed by atoms with E-state index in [9.17, 15) is 9.18 Å². The van der Waals surface area contributed by atoms with Crippen molar-refractivity contribution in [2.45, 2.75) is 19.5 Å². The molecule has 1 atom stereocenters. The van der Waals surface area contributed by atoms with Gasteiger partial charge in [0.25, 0.3) is 0 Å². The van der Waals surface area contributed by atoms with Gasteiger partial charge < -0.3 is 10.0 Å². The number of carboxylic acid groups (broad SMARTS) is 1. The van der Waals surface area contributed by atoms with Gasteiger partial charge in [-0.1, -0.05) is 0 Å². The highest BCUT2D eigenvalue weighted by Gasteiger charge is 2.25. The number of nitrogens with zero attached hydrogens (tertiary/aromatic N) is 2. The average Bonchev–Trinajstić information content (AvgIpc) is 2.71. The van der Waals surface area contributed by atoms with Crippen molar-refractivity contribution in [3.05, 3.63) is 10.6 Å². The zero-order valence-corrected chi connectivity index (χ0v) is 9.05. The fourth-order valence-electron chi connectivity index (χ4n) is 1.61. The quantitative estimate of drug-likeness (QED) is 0.840. The highest BCUT2D eigenvalue weighted by Crippen LogP contribution is 2.28. The molecule has 4 nitrogen and oxygen atoms in total. The number of halogens is 1. The molecule has 6 heteroatoms. The van der Waals surface area contributed by atoms with Crippen LogP contribution in [-0.2, 0) is 0 Å². The Bertz CT molecular complexity index is 393. The Kier molecular flexibility index (Phi) is 2.60. The summed E-state index contributed by atoms with van der Waals surface area (Å²) in [5, 5.41) is 9.44. The normalized spacial score (nSPS) is 20.9. The van der Waals surface area contributed by atoms with Crippen LogP contribution in [0.25, 0.3) is 0 Å². The number of anilines is 1.